The third kappa shape index (κ3) is 7.78. The number of nitrogens with one attached hydrogen (secondary N) is 1. The predicted octanol–water partition coefficient (Wildman–Crippen LogP) is 3.37. The van der Waals surface area contributed by atoms with Gasteiger partial charge < -0.3 is 19.7 Å². The Bertz CT molecular complexity index is 988. The van der Waals surface area contributed by atoms with Crippen LogP contribution in [0.3, 0.4) is 0 Å². The molecule has 0 aromatic heterocycles. The third-order valence-electron chi connectivity index (χ3n) is 4.15. The zero-order valence-corrected chi connectivity index (χ0v) is 17.3. The van der Waals surface area contributed by atoms with Crippen LogP contribution in [0.25, 0.3) is 6.08 Å². The van der Waals surface area contributed by atoms with E-state index in [1.807, 2.05) is 0 Å². The monoisotopic (exact) mass is 450 g/mol. The number of anilines is 1. The number of likely N-dealkylation sites (N-methyl/N-ethyl adjacent to an activating group) is 1. The minimum absolute atomic E-state index is 0.269. The van der Waals surface area contributed by atoms with E-state index in [-0.39, 0.29) is 6.54 Å². The molecule has 0 aliphatic heterocycles. The van der Waals surface area contributed by atoms with E-state index in [0.29, 0.717) is 17.0 Å². The molecule has 0 spiro atoms. The average molecular weight is 450 g/mol. The van der Waals surface area contributed by atoms with Crippen molar-refractivity contribution < 1.29 is 37.0 Å². The molecular formula is C22H21F3N2O5. The Labute approximate surface area is 182 Å². The molecule has 10 heteroatoms. The van der Waals surface area contributed by atoms with Crippen molar-refractivity contribution in [3.8, 4) is 5.75 Å². The lowest BCUT2D eigenvalue weighted by molar-refractivity contribution is -0.148. The van der Waals surface area contributed by atoms with E-state index in [0.717, 1.165) is 23.1 Å². The van der Waals surface area contributed by atoms with Crippen LogP contribution in [0.2, 0.25) is 0 Å². The largest absolute Gasteiger partial charge is 0.497 e. The molecular weight excluding hydrogens is 429 g/mol. The lowest BCUT2D eigenvalue weighted by atomic mass is 10.1. The van der Waals surface area contributed by atoms with Crippen molar-refractivity contribution in [2.75, 3.05) is 32.6 Å². The van der Waals surface area contributed by atoms with Crippen LogP contribution in [0.5, 0.6) is 5.75 Å². The van der Waals surface area contributed by atoms with Crippen molar-refractivity contribution in [3.05, 3.63) is 65.7 Å². The SMILES string of the molecule is COc1cccc(NC(=O)CN(C)C(=O)COC(=O)/C=C/c2ccc(C(F)(F)F)cc2)c1. The molecule has 7 nitrogen and oxygen atoms in total. The highest BCUT2D eigenvalue weighted by Crippen LogP contribution is 2.29. The van der Waals surface area contributed by atoms with E-state index < -0.39 is 36.1 Å². The molecule has 2 aromatic carbocycles. The van der Waals surface area contributed by atoms with Crippen LogP contribution in [0.15, 0.2) is 54.6 Å². The molecule has 2 aromatic rings. The molecule has 0 saturated carbocycles. The van der Waals surface area contributed by atoms with E-state index in [4.69, 9.17) is 9.47 Å². The number of ether oxygens (including phenoxy) is 2. The standard InChI is InChI=1S/C22H21F3N2O5/c1-27(13-19(28)26-17-4-3-5-18(12-17)31-2)20(29)14-32-21(30)11-8-15-6-9-16(10-7-15)22(23,24)25/h3-12H,13-14H2,1-2H3,(H,26,28)/b11-8+. The predicted molar refractivity (Wildman–Crippen MR) is 111 cm³/mol. The molecule has 0 aliphatic rings. The van der Waals surface area contributed by atoms with Gasteiger partial charge in [0.1, 0.15) is 5.75 Å². The van der Waals surface area contributed by atoms with Crippen molar-refractivity contribution in [1.82, 2.24) is 4.90 Å². The maximum Gasteiger partial charge on any atom is 0.416 e. The lowest BCUT2D eigenvalue weighted by Gasteiger charge is -2.16. The van der Waals surface area contributed by atoms with Crippen LogP contribution in [0, 0.1) is 0 Å². The van der Waals surface area contributed by atoms with Crippen LogP contribution >= 0.6 is 0 Å². The first-order chi connectivity index (χ1) is 15.1. The smallest absolute Gasteiger partial charge is 0.416 e. The Morgan fingerprint density at radius 2 is 1.78 bits per heavy atom. The second-order valence-corrected chi connectivity index (χ2v) is 6.59. The molecule has 0 unspecified atom stereocenters. The summed E-state index contributed by atoms with van der Waals surface area (Å²) in [6.45, 7) is -0.867. The number of alkyl halides is 3. The average Bonchev–Trinajstić information content (AvgIpc) is 2.75. The number of carbonyl (C=O) groups excluding carboxylic acids is 3. The van der Waals surface area contributed by atoms with Gasteiger partial charge in [-0.25, -0.2) is 4.79 Å². The number of amides is 2. The van der Waals surface area contributed by atoms with Gasteiger partial charge in [0.2, 0.25) is 5.91 Å². The number of hydrogen-bond donors (Lipinski definition) is 1. The number of nitrogens with zero attached hydrogens (tertiary/aromatic N) is 1. The first kappa shape index (κ1) is 24.4. The first-order valence-corrected chi connectivity index (χ1v) is 9.28. The van der Waals surface area contributed by atoms with Gasteiger partial charge in [0, 0.05) is 24.9 Å². The normalized spacial score (nSPS) is 11.2. The summed E-state index contributed by atoms with van der Waals surface area (Å²) in [4.78, 5) is 37.0. The Kier molecular flexibility index (Phi) is 8.39. The van der Waals surface area contributed by atoms with Crippen LogP contribution in [-0.4, -0.2) is 50.0 Å². The minimum Gasteiger partial charge on any atom is -0.497 e. The summed E-state index contributed by atoms with van der Waals surface area (Å²) in [5.41, 5.74) is 0.0453. The Hall–Kier alpha value is -3.82. The summed E-state index contributed by atoms with van der Waals surface area (Å²) >= 11 is 0. The molecule has 0 atom stereocenters. The van der Waals surface area contributed by atoms with E-state index in [9.17, 15) is 27.6 Å². The molecule has 0 aliphatic carbocycles. The maximum atomic E-state index is 12.5. The number of esters is 1. The van der Waals surface area contributed by atoms with Crippen LogP contribution in [-0.2, 0) is 25.3 Å². The highest BCUT2D eigenvalue weighted by Gasteiger charge is 2.29. The van der Waals surface area contributed by atoms with E-state index in [1.165, 1.54) is 32.4 Å². The fourth-order valence-electron chi connectivity index (χ4n) is 2.44. The van der Waals surface area contributed by atoms with Crippen molar-refractivity contribution in [3.63, 3.8) is 0 Å². The molecule has 0 saturated heterocycles. The van der Waals surface area contributed by atoms with Crippen molar-refractivity contribution in [2.45, 2.75) is 6.18 Å². The van der Waals surface area contributed by atoms with Crippen molar-refractivity contribution in [2.24, 2.45) is 0 Å². The van der Waals surface area contributed by atoms with Gasteiger partial charge in [0.15, 0.2) is 6.61 Å². The number of benzene rings is 2. The zero-order valence-electron chi connectivity index (χ0n) is 17.3. The number of halogens is 3. The highest BCUT2D eigenvalue weighted by atomic mass is 19.4. The van der Waals surface area contributed by atoms with Gasteiger partial charge in [-0.3, -0.25) is 9.59 Å². The van der Waals surface area contributed by atoms with Gasteiger partial charge in [-0.2, -0.15) is 13.2 Å². The minimum atomic E-state index is -4.45. The summed E-state index contributed by atoms with van der Waals surface area (Å²) in [7, 11) is 2.87. The maximum absolute atomic E-state index is 12.5. The van der Waals surface area contributed by atoms with E-state index >= 15 is 0 Å². The summed E-state index contributed by atoms with van der Waals surface area (Å²) in [5.74, 6) is -1.36. The lowest BCUT2D eigenvalue weighted by Crippen LogP contribution is -2.37. The quantitative estimate of drug-likeness (QED) is 0.493. The zero-order chi connectivity index (χ0) is 23.7. The molecule has 2 rings (SSSR count). The first-order valence-electron chi connectivity index (χ1n) is 9.28. The Balaban J connectivity index is 1.78. The van der Waals surface area contributed by atoms with Gasteiger partial charge in [0.05, 0.1) is 19.2 Å². The van der Waals surface area contributed by atoms with E-state index in [2.05, 4.69) is 5.32 Å². The van der Waals surface area contributed by atoms with Gasteiger partial charge in [-0.15, -0.1) is 0 Å². The fourth-order valence-corrected chi connectivity index (χ4v) is 2.44. The summed E-state index contributed by atoms with van der Waals surface area (Å²) in [6, 6.07) is 10.9. The van der Waals surface area contributed by atoms with Gasteiger partial charge >= 0.3 is 12.1 Å². The number of methoxy groups -OCH3 is 1. The van der Waals surface area contributed by atoms with Gasteiger partial charge in [-0.1, -0.05) is 18.2 Å². The van der Waals surface area contributed by atoms with Gasteiger partial charge in [0.25, 0.3) is 5.91 Å². The van der Waals surface area contributed by atoms with Crippen LogP contribution in [0.1, 0.15) is 11.1 Å². The van der Waals surface area contributed by atoms with Crippen LogP contribution in [0.4, 0.5) is 18.9 Å². The summed E-state index contributed by atoms with van der Waals surface area (Å²) < 4.78 is 47.5. The van der Waals surface area contributed by atoms with Gasteiger partial charge in [-0.05, 0) is 35.9 Å². The third-order valence-corrected chi connectivity index (χ3v) is 4.15. The molecule has 0 fully saturated rings. The molecule has 32 heavy (non-hydrogen) atoms. The number of rotatable bonds is 8. The number of hydrogen-bond acceptors (Lipinski definition) is 5. The van der Waals surface area contributed by atoms with Crippen molar-refractivity contribution >= 4 is 29.5 Å². The van der Waals surface area contributed by atoms with Crippen molar-refractivity contribution in [1.29, 1.82) is 0 Å². The number of carbonyl (C=O) groups is 3. The molecule has 0 radical (unpaired) electrons. The topological polar surface area (TPSA) is 84.9 Å². The summed E-state index contributed by atoms with van der Waals surface area (Å²) in [6.07, 6.45) is -2.19. The molecule has 1 N–H and O–H groups in total. The summed E-state index contributed by atoms with van der Waals surface area (Å²) in [5, 5.41) is 2.62. The second kappa shape index (κ2) is 11.0. The second-order valence-electron chi connectivity index (χ2n) is 6.59. The molecule has 0 heterocycles. The molecule has 0 bridgehead atoms. The van der Waals surface area contributed by atoms with E-state index in [1.54, 1.807) is 24.3 Å². The molecule has 2 amide bonds. The molecule has 170 valence electrons. The van der Waals surface area contributed by atoms with Crippen LogP contribution < -0.4 is 10.1 Å². The Morgan fingerprint density at radius 1 is 1.09 bits per heavy atom. The Morgan fingerprint density at radius 3 is 2.41 bits per heavy atom. The fraction of sp³-hybridized carbons (Fsp3) is 0.227. The highest BCUT2D eigenvalue weighted by molar-refractivity contribution is 5.95.